The number of imidazole rings is 1. The van der Waals surface area contributed by atoms with Crippen LogP contribution in [0.15, 0.2) is 30.3 Å². The Labute approximate surface area is 176 Å². The Morgan fingerprint density at radius 2 is 1.77 bits per heavy atom. The summed E-state index contributed by atoms with van der Waals surface area (Å²) in [5.41, 5.74) is 10.1. The summed E-state index contributed by atoms with van der Waals surface area (Å²) in [5.74, 6) is 3.38. The van der Waals surface area contributed by atoms with Crippen molar-refractivity contribution in [2.24, 2.45) is 5.41 Å². The highest BCUT2D eigenvalue weighted by Gasteiger charge is 2.58. The van der Waals surface area contributed by atoms with Crippen molar-refractivity contribution in [3.05, 3.63) is 52.8 Å². The molecule has 8 rings (SSSR count). The maximum atomic E-state index is 5.36. The average Bonchev–Trinajstić information content (AvgIpc) is 3.47. The van der Waals surface area contributed by atoms with Gasteiger partial charge in [-0.15, -0.1) is 0 Å². The number of hydrogen-bond acceptors (Lipinski definition) is 2. The molecule has 2 fully saturated rings. The van der Waals surface area contributed by atoms with E-state index in [0.29, 0.717) is 5.92 Å². The highest BCUT2D eigenvalue weighted by molar-refractivity contribution is 5.98. The summed E-state index contributed by atoms with van der Waals surface area (Å²) in [6.07, 6.45) is 6.61. The molecule has 3 heteroatoms. The maximum Gasteiger partial charge on any atom is 0.148 e. The van der Waals surface area contributed by atoms with E-state index in [0.717, 1.165) is 23.0 Å². The van der Waals surface area contributed by atoms with Crippen LogP contribution in [-0.2, 0) is 5.41 Å². The van der Waals surface area contributed by atoms with Crippen LogP contribution in [0.1, 0.15) is 93.1 Å². The van der Waals surface area contributed by atoms with Gasteiger partial charge in [0, 0.05) is 10.8 Å². The van der Waals surface area contributed by atoms with Crippen molar-refractivity contribution in [3.8, 4) is 0 Å². The van der Waals surface area contributed by atoms with Crippen LogP contribution < -0.4 is 0 Å². The first-order chi connectivity index (χ1) is 14.5. The van der Waals surface area contributed by atoms with E-state index in [2.05, 4.69) is 55.5 Å². The molecule has 1 unspecified atom stereocenters. The molecule has 30 heavy (non-hydrogen) atoms. The molecule has 1 aliphatic heterocycles. The molecule has 4 bridgehead atoms. The van der Waals surface area contributed by atoms with Crippen LogP contribution >= 0.6 is 0 Å². The number of benzene rings is 2. The number of rotatable bonds is 0. The lowest BCUT2D eigenvalue weighted by Crippen LogP contribution is -2.38. The van der Waals surface area contributed by atoms with Crippen LogP contribution in [-0.4, -0.2) is 14.4 Å². The molecule has 4 aliphatic rings. The molecule has 150 valence electrons. The second kappa shape index (κ2) is 4.74. The smallest absolute Gasteiger partial charge is 0.148 e. The van der Waals surface area contributed by atoms with E-state index >= 15 is 0 Å². The standard InChI is InChI=1S/C27H27N3/c1-26(2)18-10-11-27(26,3)25-29-19-7-5-4-6-16(19)24-28-20-13-17-14-8-9-15(12-14)21(17)22(18)23(20)30(24)25/h4-7,13-15,18H,8-12H2,1-3H3/t14-,15+,18?,27-/m0/s1. The quantitative estimate of drug-likeness (QED) is 0.338. The van der Waals surface area contributed by atoms with E-state index in [4.69, 9.17) is 9.97 Å². The summed E-state index contributed by atoms with van der Waals surface area (Å²) in [6.45, 7) is 7.52. The van der Waals surface area contributed by atoms with E-state index in [1.165, 1.54) is 54.3 Å². The minimum absolute atomic E-state index is 0.0527. The molecular formula is C27H27N3. The molecule has 4 aromatic rings. The fraction of sp³-hybridized carbons (Fsp3) is 0.481. The average molecular weight is 394 g/mol. The fourth-order valence-corrected chi connectivity index (χ4v) is 8.06. The molecule has 2 saturated carbocycles. The van der Waals surface area contributed by atoms with Gasteiger partial charge in [0.25, 0.3) is 0 Å². The molecule has 3 aliphatic carbocycles. The second-order valence-corrected chi connectivity index (χ2v) is 11.2. The molecule has 2 aromatic carbocycles. The summed E-state index contributed by atoms with van der Waals surface area (Å²) >= 11 is 0. The van der Waals surface area contributed by atoms with E-state index < -0.39 is 0 Å². The van der Waals surface area contributed by atoms with Crippen molar-refractivity contribution < 1.29 is 0 Å². The van der Waals surface area contributed by atoms with Crippen LogP contribution in [0.5, 0.6) is 0 Å². The number of nitrogens with zero attached hydrogens (tertiary/aromatic N) is 3. The Hall–Kier alpha value is -2.42. The van der Waals surface area contributed by atoms with Crippen LogP contribution in [0.3, 0.4) is 0 Å². The van der Waals surface area contributed by atoms with Gasteiger partial charge < -0.3 is 0 Å². The Bertz CT molecular complexity index is 1440. The van der Waals surface area contributed by atoms with Gasteiger partial charge >= 0.3 is 0 Å². The van der Waals surface area contributed by atoms with Crippen molar-refractivity contribution in [2.75, 3.05) is 0 Å². The molecule has 4 atom stereocenters. The van der Waals surface area contributed by atoms with Gasteiger partial charge in [-0.25, -0.2) is 9.97 Å². The molecule has 0 spiro atoms. The summed E-state index contributed by atoms with van der Waals surface area (Å²) < 4.78 is 2.50. The molecule has 2 aromatic heterocycles. The third-order valence-electron chi connectivity index (χ3n) is 9.98. The first-order valence-corrected chi connectivity index (χ1v) is 11.8. The molecular weight excluding hydrogens is 366 g/mol. The largest absolute Gasteiger partial charge is 0.279 e. The first kappa shape index (κ1) is 16.3. The zero-order chi connectivity index (χ0) is 20.0. The molecule has 3 nitrogen and oxygen atoms in total. The van der Waals surface area contributed by atoms with Crippen molar-refractivity contribution in [1.82, 2.24) is 14.4 Å². The molecule has 0 radical (unpaired) electrons. The van der Waals surface area contributed by atoms with Crippen LogP contribution in [0.2, 0.25) is 0 Å². The fourth-order valence-electron chi connectivity index (χ4n) is 8.06. The van der Waals surface area contributed by atoms with Gasteiger partial charge in [-0.3, -0.25) is 4.40 Å². The number of aromatic nitrogens is 3. The Morgan fingerprint density at radius 1 is 0.933 bits per heavy atom. The highest BCUT2D eigenvalue weighted by Crippen LogP contribution is 2.66. The summed E-state index contributed by atoms with van der Waals surface area (Å²) in [4.78, 5) is 10.7. The Balaban J connectivity index is 1.68. The van der Waals surface area contributed by atoms with Gasteiger partial charge in [-0.1, -0.05) is 32.9 Å². The van der Waals surface area contributed by atoms with Crippen molar-refractivity contribution >= 4 is 27.6 Å². The van der Waals surface area contributed by atoms with Crippen LogP contribution in [0, 0.1) is 5.41 Å². The van der Waals surface area contributed by atoms with Crippen molar-refractivity contribution in [2.45, 2.75) is 76.0 Å². The monoisotopic (exact) mass is 393 g/mol. The zero-order valence-corrected chi connectivity index (χ0v) is 18.0. The van der Waals surface area contributed by atoms with Gasteiger partial charge in [0.1, 0.15) is 11.5 Å². The highest BCUT2D eigenvalue weighted by atomic mass is 15.1. The number of fused-ring (bicyclic) bond motifs is 12. The van der Waals surface area contributed by atoms with E-state index in [-0.39, 0.29) is 10.8 Å². The lowest BCUT2D eigenvalue weighted by molar-refractivity contribution is 0.193. The third-order valence-corrected chi connectivity index (χ3v) is 9.98. The molecule has 0 saturated heterocycles. The maximum absolute atomic E-state index is 5.36. The van der Waals surface area contributed by atoms with Gasteiger partial charge in [0.2, 0.25) is 0 Å². The van der Waals surface area contributed by atoms with Gasteiger partial charge in [-0.2, -0.15) is 0 Å². The Morgan fingerprint density at radius 3 is 2.67 bits per heavy atom. The summed E-state index contributed by atoms with van der Waals surface area (Å²) in [5, 5.41) is 1.19. The predicted octanol–water partition coefficient (Wildman–Crippen LogP) is 6.58. The van der Waals surface area contributed by atoms with Crippen LogP contribution in [0.4, 0.5) is 0 Å². The predicted molar refractivity (Wildman–Crippen MR) is 120 cm³/mol. The molecule has 3 heterocycles. The number of para-hydroxylation sites is 1. The topological polar surface area (TPSA) is 30.2 Å². The molecule has 0 N–H and O–H groups in total. The number of hydrogen-bond donors (Lipinski definition) is 0. The lowest BCUT2D eigenvalue weighted by Gasteiger charge is -2.40. The van der Waals surface area contributed by atoms with Gasteiger partial charge in [0.15, 0.2) is 0 Å². The normalized spacial score (nSPS) is 32.6. The van der Waals surface area contributed by atoms with Crippen molar-refractivity contribution in [3.63, 3.8) is 0 Å². The summed E-state index contributed by atoms with van der Waals surface area (Å²) in [6, 6.07) is 11.1. The van der Waals surface area contributed by atoms with E-state index in [1.807, 2.05) is 0 Å². The van der Waals surface area contributed by atoms with Gasteiger partial charge in [0.05, 0.1) is 16.6 Å². The lowest BCUT2D eigenvalue weighted by atomic mass is 9.63. The molecule has 0 amide bonds. The third kappa shape index (κ3) is 1.53. The van der Waals surface area contributed by atoms with Crippen LogP contribution in [0.25, 0.3) is 27.6 Å². The first-order valence-electron chi connectivity index (χ1n) is 11.8. The van der Waals surface area contributed by atoms with Crippen molar-refractivity contribution in [1.29, 1.82) is 0 Å². The SMILES string of the molecule is CC1(C)C2CC[C@@]1(C)c1nc3ccccc3c3nc4cc5c(c2c4n13)[C@@H]1CC[C@H]5C1. The second-order valence-electron chi connectivity index (χ2n) is 11.2. The summed E-state index contributed by atoms with van der Waals surface area (Å²) in [7, 11) is 0. The minimum Gasteiger partial charge on any atom is -0.279 e. The van der Waals surface area contributed by atoms with E-state index in [1.54, 1.807) is 16.7 Å². The van der Waals surface area contributed by atoms with E-state index in [9.17, 15) is 0 Å². The Kier molecular flexibility index (Phi) is 2.57. The van der Waals surface area contributed by atoms with Gasteiger partial charge in [-0.05, 0) is 90.2 Å². The zero-order valence-electron chi connectivity index (χ0n) is 18.0. The minimum atomic E-state index is 0.0527.